The molecule has 0 aromatic rings. The third-order valence-corrected chi connectivity index (χ3v) is 1.14. The van der Waals surface area contributed by atoms with Crippen molar-refractivity contribution in [1.82, 2.24) is 5.43 Å². The summed E-state index contributed by atoms with van der Waals surface area (Å²) in [5.41, 5.74) is 8.11. The number of nitrogens with zero attached hydrogens (tertiary/aromatic N) is 1. The first-order valence-corrected chi connectivity index (χ1v) is 3.90. The molecule has 0 spiro atoms. The van der Waals surface area contributed by atoms with Crippen LogP contribution in [0.25, 0.3) is 0 Å². The molecule has 3 N–H and O–H groups in total. The van der Waals surface area contributed by atoms with E-state index in [-0.39, 0.29) is 5.41 Å². The molecule has 0 aromatic carbocycles. The number of carbonyl (C=O) groups is 1. The summed E-state index contributed by atoms with van der Waals surface area (Å²) in [6.07, 6.45) is 0.841. The summed E-state index contributed by atoms with van der Waals surface area (Å²) < 4.78 is 0. The van der Waals surface area contributed by atoms with Crippen LogP contribution in [0.2, 0.25) is 0 Å². The molecule has 0 aliphatic carbocycles. The normalized spacial score (nSPS) is 12.8. The van der Waals surface area contributed by atoms with Crippen molar-refractivity contribution < 1.29 is 4.79 Å². The van der Waals surface area contributed by atoms with Crippen LogP contribution in [0.4, 0.5) is 4.79 Å². The number of hydrogen-bond donors (Lipinski definition) is 2. The second-order valence-electron chi connectivity index (χ2n) is 4.06. The molecule has 4 nitrogen and oxygen atoms in total. The van der Waals surface area contributed by atoms with Crippen molar-refractivity contribution in [3.63, 3.8) is 0 Å². The minimum Gasteiger partial charge on any atom is -0.350 e. The summed E-state index contributed by atoms with van der Waals surface area (Å²) in [4.78, 5) is 10.3. The highest BCUT2D eigenvalue weighted by Gasteiger charge is 2.11. The number of primary amides is 1. The fourth-order valence-electron chi connectivity index (χ4n) is 0.958. The summed E-state index contributed by atoms with van der Waals surface area (Å²) in [5, 5.41) is 3.80. The number of carbonyl (C=O) groups excluding carboxylic acids is 1. The number of hydrogen-bond acceptors (Lipinski definition) is 2. The van der Waals surface area contributed by atoms with Gasteiger partial charge >= 0.3 is 6.03 Å². The highest BCUT2D eigenvalue weighted by atomic mass is 16.2. The summed E-state index contributed by atoms with van der Waals surface area (Å²) in [7, 11) is 0. The van der Waals surface area contributed by atoms with E-state index in [0.29, 0.717) is 0 Å². The van der Waals surface area contributed by atoms with Crippen LogP contribution >= 0.6 is 0 Å². The summed E-state index contributed by atoms with van der Waals surface area (Å²) in [6.45, 7) is 8.18. The molecule has 0 radical (unpaired) electrons. The van der Waals surface area contributed by atoms with Crippen LogP contribution in [0.5, 0.6) is 0 Å². The van der Waals surface area contributed by atoms with Gasteiger partial charge in [0.05, 0.1) is 0 Å². The molecule has 0 saturated carbocycles. The minimum atomic E-state index is -0.622. The Morgan fingerprint density at radius 1 is 1.50 bits per heavy atom. The molecule has 12 heavy (non-hydrogen) atoms. The molecular weight excluding hydrogens is 154 g/mol. The van der Waals surface area contributed by atoms with Gasteiger partial charge in [0.25, 0.3) is 0 Å². The molecule has 0 fully saturated rings. The molecule has 0 aliphatic heterocycles. The average molecular weight is 171 g/mol. The van der Waals surface area contributed by atoms with Crippen molar-refractivity contribution in [2.45, 2.75) is 34.1 Å². The van der Waals surface area contributed by atoms with Crippen LogP contribution in [-0.4, -0.2) is 11.7 Å². The van der Waals surface area contributed by atoms with Gasteiger partial charge in [-0.3, -0.25) is 0 Å². The Hall–Kier alpha value is -1.06. The quantitative estimate of drug-likeness (QED) is 0.479. The first-order chi connectivity index (χ1) is 5.31. The topological polar surface area (TPSA) is 67.5 Å². The van der Waals surface area contributed by atoms with Gasteiger partial charge in [-0.1, -0.05) is 20.8 Å². The lowest BCUT2D eigenvalue weighted by Gasteiger charge is -2.17. The molecule has 0 unspecified atom stereocenters. The van der Waals surface area contributed by atoms with Gasteiger partial charge in [-0.15, -0.1) is 0 Å². The van der Waals surface area contributed by atoms with E-state index in [4.69, 9.17) is 5.73 Å². The number of amides is 2. The second kappa shape index (κ2) is 4.09. The van der Waals surface area contributed by atoms with E-state index in [1.165, 1.54) is 0 Å². The first kappa shape index (κ1) is 10.9. The summed E-state index contributed by atoms with van der Waals surface area (Å²) in [5.74, 6) is 0. The highest BCUT2D eigenvalue weighted by Crippen LogP contribution is 2.18. The smallest absolute Gasteiger partial charge is 0.332 e. The Morgan fingerprint density at radius 2 is 2.00 bits per heavy atom. The fraction of sp³-hybridized carbons (Fsp3) is 0.750. The largest absolute Gasteiger partial charge is 0.350 e. The highest BCUT2D eigenvalue weighted by molar-refractivity contribution is 5.84. The van der Waals surface area contributed by atoms with Crippen LogP contribution in [0, 0.1) is 5.41 Å². The zero-order valence-electron chi connectivity index (χ0n) is 8.14. The second-order valence-corrected chi connectivity index (χ2v) is 4.06. The van der Waals surface area contributed by atoms with Crippen LogP contribution in [0.1, 0.15) is 34.1 Å². The Labute approximate surface area is 73.2 Å². The molecule has 4 heteroatoms. The predicted octanol–water partition coefficient (Wildman–Crippen LogP) is 1.47. The molecule has 0 aromatic heterocycles. The maximum absolute atomic E-state index is 10.3. The fourth-order valence-corrected chi connectivity index (χ4v) is 0.958. The minimum absolute atomic E-state index is 0.187. The van der Waals surface area contributed by atoms with Crippen molar-refractivity contribution in [2.75, 3.05) is 0 Å². The Morgan fingerprint density at radius 3 is 2.33 bits per heavy atom. The van der Waals surface area contributed by atoms with Gasteiger partial charge in [0.2, 0.25) is 0 Å². The van der Waals surface area contributed by atoms with E-state index in [2.05, 4.69) is 31.3 Å². The molecule has 70 valence electrons. The van der Waals surface area contributed by atoms with Crippen molar-refractivity contribution in [1.29, 1.82) is 0 Å². The first-order valence-electron chi connectivity index (χ1n) is 3.90. The van der Waals surface area contributed by atoms with E-state index in [9.17, 15) is 4.79 Å². The lowest BCUT2D eigenvalue weighted by atomic mass is 9.90. The average Bonchev–Trinajstić information content (AvgIpc) is 1.79. The Balaban J connectivity index is 3.95. The zero-order valence-corrected chi connectivity index (χ0v) is 8.14. The van der Waals surface area contributed by atoms with Gasteiger partial charge in [-0.25, -0.2) is 10.2 Å². The van der Waals surface area contributed by atoms with Crippen LogP contribution in [-0.2, 0) is 0 Å². The summed E-state index contributed by atoms with van der Waals surface area (Å²) in [6, 6.07) is -0.622. The Bertz CT molecular complexity index is 191. The zero-order chi connectivity index (χ0) is 9.78. The van der Waals surface area contributed by atoms with E-state index in [1.54, 1.807) is 0 Å². The van der Waals surface area contributed by atoms with Gasteiger partial charge in [0, 0.05) is 5.71 Å². The van der Waals surface area contributed by atoms with E-state index >= 15 is 0 Å². The van der Waals surface area contributed by atoms with Gasteiger partial charge in [0.15, 0.2) is 0 Å². The SMILES string of the molecule is CC(CC(C)(C)C)=NNC(N)=O. The van der Waals surface area contributed by atoms with E-state index in [1.807, 2.05) is 6.92 Å². The maximum atomic E-state index is 10.3. The van der Waals surface area contributed by atoms with Gasteiger partial charge in [-0.05, 0) is 18.8 Å². The van der Waals surface area contributed by atoms with Gasteiger partial charge < -0.3 is 5.73 Å². The lowest BCUT2D eigenvalue weighted by molar-refractivity contribution is 0.249. The third-order valence-electron chi connectivity index (χ3n) is 1.14. The van der Waals surface area contributed by atoms with Crippen LogP contribution in [0.3, 0.4) is 0 Å². The monoisotopic (exact) mass is 171 g/mol. The molecule has 0 atom stereocenters. The number of hydrazone groups is 1. The van der Waals surface area contributed by atoms with Gasteiger partial charge in [-0.2, -0.15) is 5.10 Å². The molecule has 0 heterocycles. The van der Waals surface area contributed by atoms with Crippen molar-refractivity contribution in [3.8, 4) is 0 Å². The number of nitrogens with two attached hydrogens (primary N) is 1. The number of nitrogens with one attached hydrogen (secondary N) is 1. The molecule has 2 amide bonds. The van der Waals surface area contributed by atoms with Crippen molar-refractivity contribution in [3.05, 3.63) is 0 Å². The molecule has 0 saturated heterocycles. The van der Waals surface area contributed by atoms with E-state index < -0.39 is 6.03 Å². The standard InChI is InChI=1S/C8H17N3O/c1-6(5-8(2,3)4)10-11-7(9)12/h5H2,1-4H3,(H3,9,11,12). The maximum Gasteiger partial charge on any atom is 0.332 e. The molecular formula is C8H17N3O. The number of urea groups is 1. The number of rotatable bonds is 2. The predicted molar refractivity (Wildman–Crippen MR) is 49.9 cm³/mol. The molecule has 0 aliphatic rings. The molecule has 0 rings (SSSR count). The Kier molecular flexibility index (Phi) is 3.73. The van der Waals surface area contributed by atoms with E-state index in [0.717, 1.165) is 12.1 Å². The summed E-state index contributed by atoms with van der Waals surface area (Å²) >= 11 is 0. The van der Waals surface area contributed by atoms with Crippen molar-refractivity contribution >= 4 is 11.7 Å². The third kappa shape index (κ3) is 7.05. The van der Waals surface area contributed by atoms with Crippen LogP contribution < -0.4 is 11.2 Å². The lowest BCUT2D eigenvalue weighted by Crippen LogP contribution is -2.26. The van der Waals surface area contributed by atoms with Gasteiger partial charge in [0.1, 0.15) is 0 Å². The molecule has 0 bridgehead atoms. The van der Waals surface area contributed by atoms with Crippen LogP contribution in [0.15, 0.2) is 5.10 Å². The van der Waals surface area contributed by atoms with Crippen molar-refractivity contribution in [2.24, 2.45) is 16.3 Å².